The van der Waals surface area contributed by atoms with Crippen molar-refractivity contribution in [3.8, 4) is 0 Å². The fourth-order valence-corrected chi connectivity index (χ4v) is 7.42. The van der Waals surface area contributed by atoms with Crippen LogP contribution >= 0.6 is 0 Å². The fourth-order valence-electron chi connectivity index (χ4n) is 7.42. The van der Waals surface area contributed by atoms with E-state index in [4.69, 9.17) is 14.2 Å². The Labute approximate surface area is 390 Å². The molecule has 0 bridgehead atoms. The van der Waals surface area contributed by atoms with E-state index in [1.54, 1.807) is 0 Å². The number of carbonyl (C=O) groups excluding carboxylic acids is 3. The summed E-state index contributed by atoms with van der Waals surface area (Å²) in [5.74, 6) is -0.979. The average molecular weight is 881 g/mol. The van der Waals surface area contributed by atoms with Gasteiger partial charge in [0.15, 0.2) is 6.10 Å². The zero-order valence-electron chi connectivity index (χ0n) is 41.6. The molecular formula is C57H100O6. The Morgan fingerprint density at radius 3 is 1.11 bits per heavy atom. The lowest BCUT2D eigenvalue weighted by Crippen LogP contribution is -2.30. The van der Waals surface area contributed by atoms with E-state index < -0.39 is 6.10 Å². The van der Waals surface area contributed by atoms with E-state index in [0.29, 0.717) is 19.3 Å². The largest absolute Gasteiger partial charge is 0.462 e. The molecule has 0 saturated heterocycles. The highest BCUT2D eigenvalue weighted by molar-refractivity contribution is 5.71. The smallest absolute Gasteiger partial charge is 0.306 e. The summed E-state index contributed by atoms with van der Waals surface area (Å²) in [7, 11) is 0. The zero-order valence-corrected chi connectivity index (χ0v) is 41.6. The van der Waals surface area contributed by atoms with Gasteiger partial charge in [0.25, 0.3) is 0 Å². The van der Waals surface area contributed by atoms with Crippen LogP contribution in [-0.2, 0) is 28.6 Å². The molecule has 0 rings (SSSR count). The van der Waals surface area contributed by atoms with Crippen molar-refractivity contribution in [3.63, 3.8) is 0 Å². The third kappa shape index (κ3) is 50.0. The Morgan fingerprint density at radius 2 is 0.651 bits per heavy atom. The summed E-state index contributed by atoms with van der Waals surface area (Å²) >= 11 is 0. The highest BCUT2D eigenvalue weighted by Gasteiger charge is 2.19. The SMILES string of the molecule is CCCCC/C=C/C=C/CCCCCCCCC(=O)OC(COC(=O)CC/C=C/C/C=C/CCCCCCCC)COC(=O)CCCCCCCCC/C=C/CCCCCCCC. The van der Waals surface area contributed by atoms with Gasteiger partial charge >= 0.3 is 17.9 Å². The van der Waals surface area contributed by atoms with E-state index in [9.17, 15) is 14.4 Å². The molecule has 1 atom stereocenters. The van der Waals surface area contributed by atoms with Gasteiger partial charge in [-0.25, -0.2) is 0 Å². The standard InChI is InChI=1S/C57H100O6/c1-4-7-10-13-16-19-22-25-27-28-30-32-35-38-41-44-47-50-56(59)62-53-54(52-61-55(58)49-46-43-40-37-34-31-24-21-18-15-12-9-6-3)63-57(60)51-48-45-42-39-36-33-29-26-23-20-17-14-11-8-5-2/h17,20,23,25-27,31,34,40,43,54H,4-16,18-19,21-22,24,28-30,32-33,35-39,41-42,44-53H2,1-3H3/b20-17+,26-23+,27-25+,34-31+,43-40+. The Hall–Kier alpha value is -2.89. The minimum absolute atomic E-state index is 0.0979. The second kappa shape index (κ2) is 51.7. The number of ether oxygens (including phenoxy) is 3. The highest BCUT2D eigenvalue weighted by Crippen LogP contribution is 2.14. The van der Waals surface area contributed by atoms with Crippen LogP contribution in [0.2, 0.25) is 0 Å². The maximum absolute atomic E-state index is 12.8. The molecule has 6 nitrogen and oxygen atoms in total. The van der Waals surface area contributed by atoms with Gasteiger partial charge in [-0.2, -0.15) is 0 Å². The number of allylic oxidation sites excluding steroid dienone is 10. The predicted molar refractivity (Wildman–Crippen MR) is 270 cm³/mol. The van der Waals surface area contributed by atoms with Crippen LogP contribution < -0.4 is 0 Å². The van der Waals surface area contributed by atoms with Crippen LogP contribution in [0, 0.1) is 0 Å². The molecule has 0 aromatic rings. The van der Waals surface area contributed by atoms with Crippen molar-refractivity contribution in [2.45, 2.75) is 271 Å². The Kier molecular flexibility index (Phi) is 49.4. The normalized spacial score (nSPS) is 12.5. The van der Waals surface area contributed by atoms with Gasteiger partial charge in [-0.3, -0.25) is 14.4 Å². The summed E-state index contributed by atoms with van der Waals surface area (Å²) in [6, 6.07) is 0. The molecular weight excluding hydrogens is 781 g/mol. The Balaban J connectivity index is 4.44. The second-order valence-electron chi connectivity index (χ2n) is 17.8. The second-order valence-corrected chi connectivity index (χ2v) is 17.8. The van der Waals surface area contributed by atoms with Crippen molar-refractivity contribution in [2.75, 3.05) is 13.2 Å². The maximum Gasteiger partial charge on any atom is 0.306 e. The molecule has 0 aromatic carbocycles. The molecule has 0 saturated carbocycles. The van der Waals surface area contributed by atoms with Crippen molar-refractivity contribution in [3.05, 3.63) is 60.8 Å². The molecule has 1 unspecified atom stereocenters. The van der Waals surface area contributed by atoms with Crippen LogP contribution in [0.25, 0.3) is 0 Å². The third-order valence-electron chi connectivity index (χ3n) is 11.5. The quantitative estimate of drug-likeness (QED) is 0.0199. The fraction of sp³-hybridized carbons (Fsp3) is 0.772. The first-order valence-corrected chi connectivity index (χ1v) is 26.8. The highest BCUT2D eigenvalue weighted by atomic mass is 16.6. The molecule has 364 valence electrons. The number of rotatable bonds is 48. The first kappa shape index (κ1) is 60.1. The summed E-state index contributed by atoms with van der Waals surface area (Å²) in [4.78, 5) is 38.0. The topological polar surface area (TPSA) is 78.9 Å². The van der Waals surface area contributed by atoms with Crippen molar-refractivity contribution in [1.82, 2.24) is 0 Å². The van der Waals surface area contributed by atoms with Crippen molar-refractivity contribution >= 4 is 17.9 Å². The lowest BCUT2D eigenvalue weighted by atomic mass is 10.1. The average Bonchev–Trinajstić information content (AvgIpc) is 3.28. The van der Waals surface area contributed by atoms with Crippen molar-refractivity contribution < 1.29 is 28.6 Å². The van der Waals surface area contributed by atoms with Gasteiger partial charge in [0.2, 0.25) is 0 Å². The summed E-state index contributed by atoms with van der Waals surface area (Å²) in [5.41, 5.74) is 0. The Bertz CT molecular complexity index is 1150. The number of hydrogen-bond donors (Lipinski definition) is 0. The molecule has 0 amide bonds. The van der Waals surface area contributed by atoms with Gasteiger partial charge in [0.05, 0.1) is 0 Å². The first-order chi connectivity index (χ1) is 31.0. The summed E-state index contributed by atoms with van der Waals surface area (Å²) in [6.45, 7) is 6.54. The molecule has 0 spiro atoms. The third-order valence-corrected chi connectivity index (χ3v) is 11.5. The van der Waals surface area contributed by atoms with Crippen molar-refractivity contribution in [1.29, 1.82) is 0 Å². The molecule has 6 heteroatoms. The lowest BCUT2D eigenvalue weighted by Gasteiger charge is -2.18. The van der Waals surface area contributed by atoms with E-state index in [2.05, 4.69) is 75.5 Å². The molecule has 0 aliphatic rings. The van der Waals surface area contributed by atoms with Crippen LogP contribution in [0.3, 0.4) is 0 Å². The molecule has 0 N–H and O–H groups in total. The Morgan fingerprint density at radius 1 is 0.333 bits per heavy atom. The van der Waals surface area contributed by atoms with E-state index >= 15 is 0 Å². The van der Waals surface area contributed by atoms with Crippen LogP contribution in [0.5, 0.6) is 0 Å². The molecule has 0 aliphatic heterocycles. The minimum atomic E-state index is -0.803. The van der Waals surface area contributed by atoms with Gasteiger partial charge < -0.3 is 14.2 Å². The van der Waals surface area contributed by atoms with E-state index in [-0.39, 0.29) is 37.5 Å². The van der Waals surface area contributed by atoms with Gasteiger partial charge in [0, 0.05) is 19.3 Å². The molecule has 0 aromatic heterocycles. The molecule has 0 radical (unpaired) electrons. The molecule has 63 heavy (non-hydrogen) atoms. The maximum atomic E-state index is 12.8. The van der Waals surface area contributed by atoms with Gasteiger partial charge in [-0.1, -0.05) is 216 Å². The lowest BCUT2D eigenvalue weighted by molar-refractivity contribution is -0.166. The number of carbonyl (C=O) groups is 3. The summed E-state index contributed by atoms with van der Waals surface area (Å²) in [5, 5.41) is 0. The zero-order chi connectivity index (χ0) is 45.8. The molecule has 0 heterocycles. The van der Waals surface area contributed by atoms with Crippen LogP contribution in [0.1, 0.15) is 265 Å². The number of esters is 3. The van der Waals surface area contributed by atoms with Crippen molar-refractivity contribution in [2.24, 2.45) is 0 Å². The van der Waals surface area contributed by atoms with E-state index in [0.717, 1.165) is 64.2 Å². The predicted octanol–water partition coefficient (Wildman–Crippen LogP) is 17.6. The van der Waals surface area contributed by atoms with Crippen LogP contribution in [-0.4, -0.2) is 37.2 Å². The monoisotopic (exact) mass is 881 g/mol. The van der Waals surface area contributed by atoms with Gasteiger partial charge in [-0.05, 0) is 89.9 Å². The van der Waals surface area contributed by atoms with Gasteiger partial charge in [-0.15, -0.1) is 0 Å². The van der Waals surface area contributed by atoms with Crippen LogP contribution in [0.4, 0.5) is 0 Å². The molecule has 0 aliphatic carbocycles. The summed E-state index contributed by atoms with van der Waals surface area (Å²) in [6.07, 6.45) is 63.6. The van der Waals surface area contributed by atoms with E-state index in [1.807, 2.05) is 6.08 Å². The first-order valence-electron chi connectivity index (χ1n) is 26.8. The minimum Gasteiger partial charge on any atom is -0.462 e. The number of hydrogen-bond acceptors (Lipinski definition) is 6. The van der Waals surface area contributed by atoms with Crippen LogP contribution in [0.15, 0.2) is 60.8 Å². The molecule has 0 fully saturated rings. The van der Waals surface area contributed by atoms with E-state index in [1.165, 1.54) is 154 Å². The van der Waals surface area contributed by atoms with Gasteiger partial charge in [0.1, 0.15) is 13.2 Å². The summed E-state index contributed by atoms with van der Waals surface area (Å²) < 4.78 is 16.7. The number of unbranched alkanes of at least 4 members (excludes halogenated alkanes) is 28.